The molecule has 0 amide bonds. The zero-order chi connectivity index (χ0) is 14.5. The van der Waals surface area contributed by atoms with Crippen LogP contribution in [0.3, 0.4) is 0 Å². The van der Waals surface area contributed by atoms with Crippen molar-refractivity contribution in [1.29, 1.82) is 0 Å². The van der Waals surface area contributed by atoms with Crippen molar-refractivity contribution in [2.75, 3.05) is 11.9 Å². The second-order valence-electron chi connectivity index (χ2n) is 4.26. The van der Waals surface area contributed by atoms with E-state index in [2.05, 4.69) is 54.1 Å². The van der Waals surface area contributed by atoms with Gasteiger partial charge in [0, 0.05) is 11.0 Å². The average molecular weight is 401 g/mol. The van der Waals surface area contributed by atoms with Crippen LogP contribution in [0, 0.1) is 6.92 Å². The molecule has 1 aromatic carbocycles. The van der Waals surface area contributed by atoms with Gasteiger partial charge in [-0.1, -0.05) is 22.9 Å². The normalized spacial score (nSPS) is 10.4. The van der Waals surface area contributed by atoms with E-state index in [1.165, 1.54) is 6.33 Å². The largest absolute Gasteiger partial charge is 0.437 e. The third-order valence-electron chi connectivity index (χ3n) is 2.68. The minimum atomic E-state index is 0.557. The van der Waals surface area contributed by atoms with E-state index in [0.717, 1.165) is 39.0 Å². The van der Waals surface area contributed by atoms with Crippen LogP contribution in [0.15, 0.2) is 33.5 Å². The van der Waals surface area contributed by atoms with Crippen molar-refractivity contribution < 1.29 is 4.74 Å². The number of nitrogens with one attached hydrogen (secondary N) is 1. The molecule has 2 aromatic rings. The first-order valence-electron chi connectivity index (χ1n) is 6.30. The molecule has 0 saturated carbocycles. The zero-order valence-corrected chi connectivity index (χ0v) is 14.5. The van der Waals surface area contributed by atoms with Gasteiger partial charge in [-0.05, 0) is 47.5 Å². The summed E-state index contributed by atoms with van der Waals surface area (Å²) in [5.41, 5.74) is 0.899. The molecule has 1 aromatic heterocycles. The Bertz CT molecular complexity index is 605. The number of nitrogens with zero attached hydrogens (tertiary/aromatic N) is 2. The number of hydrogen-bond acceptors (Lipinski definition) is 4. The zero-order valence-electron chi connectivity index (χ0n) is 11.3. The first-order valence-corrected chi connectivity index (χ1v) is 7.88. The fourth-order valence-corrected chi connectivity index (χ4v) is 2.75. The Morgan fingerprint density at radius 3 is 2.75 bits per heavy atom. The quantitative estimate of drug-likeness (QED) is 0.773. The second-order valence-corrected chi connectivity index (χ2v) is 6.03. The summed E-state index contributed by atoms with van der Waals surface area (Å²) in [4.78, 5) is 8.43. The summed E-state index contributed by atoms with van der Waals surface area (Å²) in [6.45, 7) is 4.93. The van der Waals surface area contributed by atoms with Gasteiger partial charge in [0.25, 0.3) is 0 Å². The lowest BCUT2D eigenvalue weighted by Crippen LogP contribution is -2.05. The molecule has 4 nitrogen and oxygen atoms in total. The standard InChI is InChI=1S/C14H15Br2N3O/c1-3-6-17-13-9(2)14(19-8-18-13)20-12-5-4-10(15)7-11(12)16/h4-5,7-8H,3,6H2,1-2H3,(H,17,18,19). The van der Waals surface area contributed by atoms with E-state index in [0.29, 0.717) is 5.88 Å². The number of aromatic nitrogens is 2. The van der Waals surface area contributed by atoms with E-state index in [1.54, 1.807) is 0 Å². The highest BCUT2D eigenvalue weighted by Gasteiger charge is 2.10. The molecule has 0 fully saturated rings. The monoisotopic (exact) mass is 399 g/mol. The van der Waals surface area contributed by atoms with Gasteiger partial charge >= 0.3 is 0 Å². The molecule has 106 valence electrons. The summed E-state index contributed by atoms with van der Waals surface area (Å²) < 4.78 is 7.71. The fraction of sp³-hybridized carbons (Fsp3) is 0.286. The van der Waals surface area contributed by atoms with Crippen LogP contribution in [0.2, 0.25) is 0 Å². The molecule has 0 aliphatic rings. The summed E-state index contributed by atoms with van der Waals surface area (Å²) in [6, 6.07) is 5.74. The highest BCUT2D eigenvalue weighted by molar-refractivity contribution is 9.11. The first-order chi connectivity index (χ1) is 9.61. The van der Waals surface area contributed by atoms with E-state index in [1.807, 2.05) is 25.1 Å². The summed E-state index contributed by atoms with van der Waals surface area (Å²) in [5, 5.41) is 3.26. The minimum Gasteiger partial charge on any atom is -0.437 e. The highest BCUT2D eigenvalue weighted by Crippen LogP contribution is 2.33. The van der Waals surface area contributed by atoms with E-state index >= 15 is 0 Å². The smallest absolute Gasteiger partial charge is 0.227 e. The molecule has 0 aliphatic carbocycles. The maximum atomic E-state index is 5.86. The second kappa shape index (κ2) is 7.04. The predicted octanol–water partition coefficient (Wildman–Crippen LogP) is 4.92. The maximum absolute atomic E-state index is 5.86. The Kier molecular flexibility index (Phi) is 5.37. The molecule has 1 heterocycles. The van der Waals surface area contributed by atoms with Crippen molar-refractivity contribution in [3.05, 3.63) is 39.0 Å². The molecule has 0 saturated heterocycles. The van der Waals surface area contributed by atoms with E-state index < -0.39 is 0 Å². The first kappa shape index (κ1) is 15.3. The molecule has 1 N–H and O–H groups in total. The maximum Gasteiger partial charge on any atom is 0.227 e. The lowest BCUT2D eigenvalue weighted by molar-refractivity contribution is 0.455. The average Bonchev–Trinajstić information content (AvgIpc) is 2.42. The van der Waals surface area contributed by atoms with Crippen LogP contribution in [0.5, 0.6) is 11.6 Å². The van der Waals surface area contributed by atoms with Gasteiger partial charge in [-0.25, -0.2) is 9.97 Å². The molecular formula is C14H15Br2N3O. The molecule has 0 spiro atoms. The van der Waals surface area contributed by atoms with E-state index in [-0.39, 0.29) is 0 Å². The predicted molar refractivity (Wildman–Crippen MR) is 87.5 cm³/mol. The Morgan fingerprint density at radius 2 is 2.05 bits per heavy atom. The van der Waals surface area contributed by atoms with Gasteiger partial charge in [0.15, 0.2) is 0 Å². The number of halogens is 2. The molecule has 20 heavy (non-hydrogen) atoms. The van der Waals surface area contributed by atoms with Gasteiger partial charge in [0.05, 0.1) is 10.0 Å². The van der Waals surface area contributed by atoms with Crippen LogP contribution in [0.4, 0.5) is 5.82 Å². The Morgan fingerprint density at radius 1 is 1.25 bits per heavy atom. The Labute approximate surface area is 135 Å². The van der Waals surface area contributed by atoms with Gasteiger partial charge in [0.1, 0.15) is 17.9 Å². The molecule has 6 heteroatoms. The third kappa shape index (κ3) is 3.70. The van der Waals surface area contributed by atoms with Crippen molar-refractivity contribution in [2.24, 2.45) is 0 Å². The van der Waals surface area contributed by atoms with E-state index in [9.17, 15) is 0 Å². The highest BCUT2D eigenvalue weighted by atomic mass is 79.9. The molecule has 0 atom stereocenters. The topological polar surface area (TPSA) is 47.0 Å². The van der Waals surface area contributed by atoms with Gasteiger partial charge in [-0.3, -0.25) is 0 Å². The lowest BCUT2D eigenvalue weighted by atomic mass is 10.3. The van der Waals surface area contributed by atoms with Crippen molar-refractivity contribution in [1.82, 2.24) is 9.97 Å². The van der Waals surface area contributed by atoms with Crippen LogP contribution in [-0.4, -0.2) is 16.5 Å². The van der Waals surface area contributed by atoms with Gasteiger partial charge in [0.2, 0.25) is 5.88 Å². The SMILES string of the molecule is CCCNc1ncnc(Oc2ccc(Br)cc2Br)c1C. The van der Waals surface area contributed by atoms with Gasteiger partial charge < -0.3 is 10.1 Å². The van der Waals surface area contributed by atoms with Crippen molar-refractivity contribution >= 4 is 37.7 Å². The van der Waals surface area contributed by atoms with Gasteiger partial charge in [-0.2, -0.15) is 0 Å². The van der Waals surface area contributed by atoms with Crippen LogP contribution < -0.4 is 10.1 Å². The summed E-state index contributed by atoms with van der Waals surface area (Å²) in [6.07, 6.45) is 2.55. The molecule has 0 bridgehead atoms. The molecule has 0 unspecified atom stereocenters. The van der Waals surface area contributed by atoms with Crippen LogP contribution in [0.25, 0.3) is 0 Å². The summed E-state index contributed by atoms with van der Waals surface area (Å²) in [7, 11) is 0. The Balaban J connectivity index is 2.24. The molecular weight excluding hydrogens is 386 g/mol. The van der Waals surface area contributed by atoms with Crippen LogP contribution >= 0.6 is 31.9 Å². The number of benzene rings is 1. The number of ether oxygens (including phenoxy) is 1. The summed E-state index contributed by atoms with van der Waals surface area (Å²) >= 11 is 6.89. The van der Waals surface area contributed by atoms with Gasteiger partial charge in [-0.15, -0.1) is 0 Å². The number of hydrogen-bond donors (Lipinski definition) is 1. The fourth-order valence-electron chi connectivity index (χ4n) is 1.62. The molecule has 0 aliphatic heterocycles. The molecule has 0 radical (unpaired) electrons. The number of rotatable bonds is 5. The molecule has 2 rings (SSSR count). The van der Waals surface area contributed by atoms with Crippen LogP contribution in [-0.2, 0) is 0 Å². The van der Waals surface area contributed by atoms with E-state index in [4.69, 9.17) is 4.74 Å². The van der Waals surface area contributed by atoms with Crippen molar-refractivity contribution in [3.63, 3.8) is 0 Å². The van der Waals surface area contributed by atoms with Crippen LogP contribution in [0.1, 0.15) is 18.9 Å². The summed E-state index contributed by atoms with van der Waals surface area (Å²) in [5.74, 6) is 2.09. The van der Waals surface area contributed by atoms with Crippen molar-refractivity contribution in [2.45, 2.75) is 20.3 Å². The Hall–Kier alpha value is -1.14. The van der Waals surface area contributed by atoms with Crippen molar-refractivity contribution in [3.8, 4) is 11.6 Å². The number of anilines is 1. The minimum absolute atomic E-state index is 0.557. The lowest BCUT2D eigenvalue weighted by Gasteiger charge is -2.12. The third-order valence-corrected chi connectivity index (χ3v) is 3.79.